The number of hydrogen-bond donors (Lipinski definition) is 0. The van der Waals surface area contributed by atoms with E-state index >= 15 is 0 Å². The molecule has 0 atom stereocenters. The van der Waals surface area contributed by atoms with Crippen molar-refractivity contribution in [3.63, 3.8) is 0 Å². The summed E-state index contributed by atoms with van der Waals surface area (Å²) in [6.07, 6.45) is 0. The topological polar surface area (TPSA) is 51.4 Å². The summed E-state index contributed by atoms with van der Waals surface area (Å²) in [5, 5.41) is 1.93. The predicted octanol–water partition coefficient (Wildman–Crippen LogP) is 4.50. The van der Waals surface area contributed by atoms with Crippen LogP contribution in [0.25, 0.3) is 16.9 Å². The van der Waals surface area contributed by atoms with Gasteiger partial charge in [0.15, 0.2) is 0 Å². The van der Waals surface area contributed by atoms with Crippen molar-refractivity contribution < 1.29 is 8.42 Å². The maximum Gasteiger partial charge on any atom is 0.285 e. The van der Waals surface area contributed by atoms with Gasteiger partial charge in [-0.25, -0.2) is 0 Å². The second-order valence-corrected chi connectivity index (χ2v) is 8.26. The number of rotatable bonds is 4. The summed E-state index contributed by atoms with van der Waals surface area (Å²) in [4.78, 5) is 0.586. The molecule has 27 heavy (non-hydrogen) atoms. The van der Waals surface area contributed by atoms with E-state index in [1.165, 1.54) is 11.3 Å². The fourth-order valence-corrected chi connectivity index (χ4v) is 4.89. The highest BCUT2D eigenvalue weighted by Gasteiger charge is 2.15. The Morgan fingerprint density at radius 2 is 1.30 bits per heavy atom. The van der Waals surface area contributed by atoms with Crippen LogP contribution in [0.5, 0.6) is 0 Å². The van der Waals surface area contributed by atoms with E-state index in [1.807, 2.05) is 70.6 Å². The number of benzene rings is 3. The number of sulfonamides is 1. The molecule has 0 fully saturated rings. The molecule has 0 radical (unpaired) electrons. The van der Waals surface area contributed by atoms with E-state index in [0.717, 1.165) is 16.9 Å². The van der Waals surface area contributed by atoms with Crippen molar-refractivity contribution in [2.24, 2.45) is 4.40 Å². The van der Waals surface area contributed by atoms with E-state index in [0.29, 0.717) is 4.80 Å². The minimum Gasteiger partial charge on any atom is -0.284 e. The van der Waals surface area contributed by atoms with Gasteiger partial charge in [0.2, 0.25) is 4.80 Å². The van der Waals surface area contributed by atoms with Crippen LogP contribution in [0.15, 0.2) is 106 Å². The lowest BCUT2D eigenvalue weighted by Crippen LogP contribution is -2.16. The van der Waals surface area contributed by atoms with E-state index in [4.69, 9.17) is 0 Å². The first-order valence-corrected chi connectivity index (χ1v) is 10.6. The van der Waals surface area contributed by atoms with E-state index in [-0.39, 0.29) is 4.90 Å². The Kier molecular flexibility index (Phi) is 4.75. The molecule has 0 aliphatic heterocycles. The largest absolute Gasteiger partial charge is 0.285 e. The van der Waals surface area contributed by atoms with Crippen LogP contribution in [0.2, 0.25) is 0 Å². The molecule has 1 heterocycles. The lowest BCUT2D eigenvalue weighted by atomic mass is 10.1. The highest BCUT2D eigenvalue weighted by molar-refractivity contribution is 7.90. The van der Waals surface area contributed by atoms with Crippen molar-refractivity contribution in [2.45, 2.75) is 4.90 Å². The molecular formula is C21H16N2O2S2. The summed E-state index contributed by atoms with van der Waals surface area (Å²) < 4.78 is 31.5. The summed E-state index contributed by atoms with van der Waals surface area (Å²) in [6, 6.07) is 27.8. The minimum absolute atomic E-state index is 0.180. The molecule has 0 aliphatic rings. The molecule has 0 bridgehead atoms. The van der Waals surface area contributed by atoms with Gasteiger partial charge in [0.05, 0.1) is 10.6 Å². The SMILES string of the molecule is O=S(=O)(/N=c1/scc(-c2ccccc2)n1-c1ccccc1)c1ccccc1. The Hall–Kier alpha value is -2.96. The zero-order valence-electron chi connectivity index (χ0n) is 14.3. The fourth-order valence-electron chi connectivity index (χ4n) is 2.76. The van der Waals surface area contributed by atoms with Gasteiger partial charge in [-0.3, -0.25) is 4.57 Å². The Labute approximate surface area is 161 Å². The van der Waals surface area contributed by atoms with Crippen molar-refractivity contribution in [3.05, 3.63) is 101 Å². The third kappa shape index (κ3) is 3.63. The molecule has 4 nitrogen and oxygen atoms in total. The molecule has 0 spiro atoms. The molecule has 6 heteroatoms. The lowest BCUT2D eigenvalue weighted by molar-refractivity contribution is 0.596. The smallest absolute Gasteiger partial charge is 0.284 e. The first-order valence-electron chi connectivity index (χ1n) is 8.33. The third-order valence-corrected chi connectivity index (χ3v) is 6.25. The van der Waals surface area contributed by atoms with E-state index in [9.17, 15) is 8.42 Å². The molecule has 0 saturated carbocycles. The fraction of sp³-hybridized carbons (Fsp3) is 0. The van der Waals surface area contributed by atoms with Gasteiger partial charge in [0, 0.05) is 11.1 Å². The number of hydrogen-bond acceptors (Lipinski definition) is 3. The average molecular weight is 393 g/mol. The van der Waals surface area contributed by atoms with Gasteiger partial charge in [-0.1, -0.05) is 66.7 Å². The first kappa shape index (κ1) is 17.5. The second-order valence-electron chi connectivity index (χ2n) is 5.82. The Morgan fingerprint density at radius 3 is 1.93 bits per heavy atom. The number of thiazole rings is 1. The normalized spacial score (nSPS) is 12.2. The van der Waals surface area contributed by atoms with E-state index < -0.39 is 10.0 Å². The van der Waals surface area contributed by atoms with E-state index in [1.54, 1.807) is 30.3 Å². The predicted molar refractivity (Wildman–Crippen MR) is 108 cm³/mol. The first-order chi connectivity index (χ1) is 13.1. The molecule has 0 N–H and O–H groups in total. The highest BCUT2D eigenvalue weighted by atomic mass is 32.2. The third-order valence-electron chi connectivity index (χ3n) is 4.03. The molecular weight excluding hydrogens is 376 g/mol. The summed E-state index contributed by atoms with van der Waals surface area (Å²) in [5.74, 6) is 0. The molecule has 134 valence electrons. The van der Waals surface area contributed by atoms with Crippen molar-refractivity contribution in [1.82, 2.24) is 4.57 Å². The van der Waals surface area contributed by atoms with Gasteiger partial charge in [0.1, 0.15) is 0 Å². The Balaban J connectivity index is 1.96. The van der Waals surface area contributed by atoms with Crippen molar-refractivity contribution >= 4 is 21.4 Å². The Morgan fingerprint density at radius 1 is 0.741 bits per heavy atom. The maximum absolute atomic E-state index is 12.8. The van der Waals surface area contributed by atoms with Crippen LogP contribution in [0.4, 0.5) is 0 Å². The Bertz CT molecular complexity index is 1210. The molecule has 4 aromatic rings. The van der Waals surface area contributed by atoms with Crippen LogP contribution in [0, 0.1) is 0 Å². The van der Waals surface area contributed by atoms with Crippen molar-refractivity contribution in [2.75, 3.05) is 0 Å². The maximum atomic E-state index is 12.8. The molecule has 0 aliphatic carbocycles. The monoisotopic (exact) mass is 392 g/mol. The van der Waals surface area contributed by atoms with Gasteiger partial charge in [-0.05, 0) is 29.8 Å². The number of aromatic nitrogens is 1. The van der Waals surface area contributed by atoms with Gasteiger partial charge in [0.25, 0.3) is 10.0 Å². The second kappa shape index (κ2) is 7.34. The zero-order valence-corrected chi connectivity index (χ0v) is 15.9. The molecule has 0 saturated heterocycles. The highest BCUT2D eigenvalue weighted by Crippen LogP contribution is 2.23. The summed E-state index contributed by atoms with van der Waals surface area (Å²) in [6.45, 7) is 0. The van der Waals surface area contributed by atoms with Crippen molar-refractivity contribution in [1.29, 1.82) is 0 Å². The standard InChI is InChI=1S/C21H16N2O2S2/c24-27(25,19-14-8-3-9-15-19)22-21-23(18-12-6-2-7-13-18)20(16-26-21)17-10-4-1-5-11-17/h1-16H/b22-21+. The van der Waals surface area contributed by atoms with Crippen molar-refractivity contribution in [3.8, 4) is 16.9 Å². The minimum atomic E-state index is -3.80. The molecule has 0 amide bonds. The van der Waals surface area contributed by atoms with Gasteiger partial charge in [-0.2, -0.15) is 8.42 Å². The number of nitrogens with zero attached hydrogens (tertiary/aromatic N) is 2. The van der Waals surface area contributed by atoms with Gasteiger partial charge < -0.3 is 0 Å². The summed E-state index contributed by atoms with van der Waals surface area (Å²) in [5.41, 5.74) is 2.75. The average Bonchev–Trinajstić information content (AvgIpc) is 3.13. The molecule has 4 rings (SSSR count). The van der Waals surface area contributed by atoms with Crippen LogP contribution in [-0.2, 0) is 10.0 Å². The summed E-state index contributed by atoms with van der Waals surface area (Å²) >= 11 is 1.30. The molecule has 0 unspecified atom stereocenters. The van der Waals surface area contributed by atoms with Crippen LogP contribution in [-0.4, -0.2) is 13.0 Å². The lowest BCUT2D eigenvalue weighted by Gasteiger charge is -2.09. The molecule has 1 aromatic heterocycles. The van der Waals surface area contributed by atoms with E-state index in [2.05, 4.69) is 4.40 Å². The summed E-state index contributed by atoms with van der Waals surface area (Å²) in [7, 11) is -3.80. The van der Waals surface area contributed by atoms with Gasteiger partial charge in [-0.15, -0.1) is 15.7 Å². The molecule has 3 aromatic carbocycles. The van der Waals surface area contributed by atoms with Crippen LogP contribution in [0.3, 0.4) is 0 Å². The van der Waals surface area contributed by atoms with Crippen LogP contribution in [0.1, 0.15) is 0 Å². The van der Waals surface area contributed by atoms with Gasteiger partial charge >= 0.3 is 0 Å². The zero-order chi connectivity index (χ0) is 18.7. The number of para-hydroxylation sites is 1. The quantitative estimate of drug-likeness (QED) is 0.514. The van der Waals surface area contributed by atoms with Crippen LogP contribution >= 0.6 is 11.3 Å². The van der Waals surface area contributed by atoms with Crippen LogP contribution < -0.4 is 4.80 Å².